The Bertz CT molecular complexity index is 1070. The number of hydrogen-bond acceptors (Lipinski definition) is 5. The van der Waals surface area contributed by atoms with E-state index in [1.807, 2.05) is 19.2 Å². The smallest absolute Gasteiger partial charge is 0.342 e. The number of aromatic nitrogens is 4. The second-order valence-electron chi connectivity index (χ2n) is 7.69. The highest BCUT2D eigenvalue weighted by Crippen LogP contribution is 2.38. The minimum Gasteiger partial charge on any atom is -0.342 e. The molecule has 30 heavy (non-hydrogen) atoms. The van der Waals surface area contributed by atoms with Crippen LogP contribution in [-0.4, -0.2) is 43.8 Å². The molecule has 3 aromatic rings. The van der Waals surface area contributed by atoms with Gasteiger partial charge in [0.1, 0.15) is 0 Å². The molecule has 7 nitrogen and oxygen atoms in total. The zero-order valence-corrected chi connectivity index (χ0v) is 16.7. The lowest BCUT2D eigenvalue weighted by molar-refractivity contribution is -0.136. The minimum atomic E-state index is -4.54. The summed E-state index contributed by atoms with van der Waals surface area (Å²) in [4.78, 5) is 18.7. The van der Waals surface area contributed by atoms with Crippen LogP contribution in [0.25, 0.3) is 11.1 Å². The number of halogens is 3. The highest BCUT2D eigenvalue weighted by atomic mass is 19.4. The SMILES string of the molecule is Cc1ccn(CCC(=O)N2CCC[C@@H](c3cc(C(F)(F)F)c4c(C)noc4n3)C2)n1. The number of hydrogen-bond donors (Lipinski definition) is 0. The summed E-state index contributed by atoms with van der Waals surface area (Å²) in [6, 6.07) is 2.95. The lowest BCUT2D eigenvalue weighted by atomic mass is 9.92. The van der Waals surface area contributed by atoms with Gasteiger partial charge in [-0.25, -0.2) is 4.98 Å². The van der Waals surface area contributed by atoms with Crippen molar-refractivity contribution in [3.05, 3.63) is 41.0 Å². The van der Waals surface area contributed by atoms with Gasteiger partial charge in [-0.3, -0.25) is 9.48 Å². The maximum absolute atomic E-state index is 13.6. The largest absolute Gasteiger partial charge is 0.417 e. The number of rotatable bonds is 4. The van der Waals surface area contributed by atoms with E-state index in [-0.39, 0.29) is 40.7 Å². The fraction of sp³-hybridized carbons (Fsp3) is 0.500. The second-order valence-corrected chi connectivity index (χ2v) is 7.69. The van der Waals surface area contributed by atoms with Crippen molar-refractivity contribution in [3.63, 3.8) is 0 Å². The van der Waals surface area contributed by atoms with Crippen LogP contribution in [0.2, 0.25) is 0 Å². The van der Waals surface area contributed by atoms with E-state index in [0.717, 1.165) is 11.8 Å². The molecular weight excluding hydrogens is 399 g/mol. The second kappa shape index (κ2) is 7.73. The van der Waals surface area contributed by atoms with Crippen molar-refractivity contribution in [2.24, 2.45) is 0 Å². The molecule has 0 N–H and O–H groups in total. The number of nitrogens with zero attached hydrogens (tertiary/aromatic N) is 5. The summed E-state index contributed by atoms with van der Waals surface area (Å²) in [5.74, 6) is -0.328. The highest BCUT2D eigenvalue weighted by molar-refractivity contribution is 5.81. The van der Waals surface area contributed by atoms with E-state index < -0.39 is 11.7 Å². The van der Waals surface area contributed by atoms with Crippen LogP contribution < -0.4 is 0 Å². The first-order chi connectivity index (χ1) is 14.2. The van der Waals surface area contributed by atoms with Gasteiger partial charge >= 0.3 is 6.18 Å². The average molecular weight is 421 g/mol. The molecule has 0 aliphatic carbocycles. The molecule has 1 saturated heterocycles. The van der Waals surface area contributed by atoms with Gasteiger partial charge < -0.3 is 9.42 Å². The summed E-state index contributed by atoms with van der Waals surface area (Å²) in [7, 11) is 0. The Kier molecular flexibility index (Phi) is 5.25. The monoisotopic (exact) mass is 421 g/mol. The van der Waals surface area contributed by atoms with Gasteiger partial charge in [0.25, 0.3) is 5.71 Å². The number of carbonyl (C=O) groups excluding carboxylic acids is 1. The summed E-state index contributed by atoms with van der Waals surface area (Å²) < 4.78 is 47.6. The summed E-state index contributed by atoms with van der Waals surface area (Å²) in [6.45, 7) is 4.73. The van der Waals surface area contributed by atoms with Crippen molar-refractivity contribution in [1.82, 2.24) is 24.8 Å². The number of pyridine rings is 1. The van der Waals surface area contributed by atoms with Crippen molar-refractivity contribution in [3.8, 4) is 0 Å². The molecule has 1 aliphatic heterocycles. The zero-order valence-electron chi connectivity index (χ0n) is 16.7. The summed E-state index contributed by atoms with van der Waals surface area (Å²) in [5.41, 5.74) is 0.413. The minimum absolute atomic E-state index is 0.0412. The third-order valence-electron chi connectivity index (χ3n) is 5.46. The molecular formula is C20H22F3N5O2. The quantitative estimate of drug-likeness (QED) is 0.640. The predicted molar refractivity (Wildman–Crippen MR) is 102 cm³/mol. The highest BCUT2D eigenvalue weighted by Gasteiger charge is 2.37. The fourth-order valence-corrected chi connectivity index (χ4v) is 3.95. The van der Waals surface area contributed by atoms with Crippen molar-refractivity contribution < 1.29 is 22.5 Å². The normalized spacial score (nSPS) is 17.6. The van der Waals surface area contributed by atoms with Gasteiger partial charge in [-0.2, -0.15) is 18.3 Å². The average Bonchev–Trinajstić information content (AvgIpc) is 3.30. The van der Waals surface area contributed by atoms with Crippen LogP contribution in [0.5, 0.6) is 0 Å². The molecule has 0 bridgehead atoms. The number of alkyl halides is 3. The molecule has 1 fully saturated rings. The summed E-state index contributed by atoms with van der Waals surface area (Å²) in [6.07, 6.45) is -1.08. The van der Waals surface area contributed by atoms with E-state index in [4.69, 9.17) is 4.52 Å². The van der Waals surface area contributed by atoms with Gasteiger partial charge in [0.05, 0.1) is 28.0 Å². The third kappa shape index (κ3) is 4.03. The lowest BCUT2D eigenvalue weighted by Gasteiger charge is -2.32. The number of carbonyl (C=O) groups is 1. The van der Waals surface area contributed by atoms with E-state index in [2.05, 4.69) is 15.2 Å². The van der Waals surface area contributed by atoms with Crippen LogP contribution >= 0.6 is 0 Å². The van der Waals surface area contributed by atoms with Gasteiger partial charge in [0.15, 0.2) is 0 Å². The fourth-order valence-electron chi connectivity index (χ4n) is 3.95. The summed E-state index contributed by atoms with van der Waals surface area (Å²) >= 11 is 0. The number of amides is 1. The molecule has 1 atom stereocenters. The maximum Gasteiger partial charge on any atom is 0.417 e. The number of likely N-dealkylation sites (tertiary alicyclic amines) is 1. The molecule has 0 aromatic carbocycles. The molecule has 1 aliphatic rings. The molecule has 4 heterocycles. The van der Waals surface area contributed by atoms with E-state index in [9.17, 15) is 18.0 Å². The van der Waals surface area contributed by atoms with Crippen molar-refractivity contribution in [2.75, 3.05) is 13.1 Å². The molecule has 0 saturated carbocycles. The van der Waals surface area contributed by atoms with Crippen LogP contribution in [0.3, 0.4) is 0 Å². The predicted octanol–water partition coefficient (Wildman–Crippen LogP) is 3.85. The number of fused-ring (bicyclic) bond motifs is 1. The molecule has 10 heteroatoms. The maximum atomic E-state index is 13.6. The Morgan fingerprint density at radius 1 is 1.33 bits per heavy atom. The van der Waals surface area contributed by atoms with E-state index >= 15 is 0 Å². The van der Waals surface area contributed by atoms with Gasteiger partial charge in [-0.05, 0) is 38.8 Å². The molecule has 3 aromatic heterocycles. The molecule has 160 valence electrons. The Morgan fingerprint density at radius 2 is 2.13 bits per heavy atom. The third-order valence-corrected chi connectivity index (χ3v) is 5.46. The Balaban J connectivity index is 1.53. The molecule has 0 spiro atoms. The van der Waals surface area contributed by atoms with Crippen LogP contribution in [0.15, 0.2) is 22.9 Å². The molecule has 4 rings (SSSR count). The first kappa shape index (κ1) is 20.4. The van der Waals surface area contributed by atoms with E-state index in [0.29, 0.717) is 32.5 Å². The van der Waals surface area contributed by atoms with Crippen LogP contribution in [0, 0.1) is 13.8 Å². The van der Waals surface area contributed by atoms with E-state index in [1.54, 1.807) is 9.58 Å². The van der Waals surface area contributed by atoms with Gasteiger partial charge in [-0.15, -0.1) is 0 Å². The number of aryl methyl sites for hydroxylation is 3. The zero-order chi connectivity index (χ0) is 21.5. The van der Waals surface area contributed by atoms with Crippen molar-refractivity contribution in [2.45, 2.75) is 51.7 Å². The molecule has 0 radical (unpaired) electrons. The molecule has 1 amide bonds. The Morgan fingerprint density at radius 3 is 2.83 bits per heavy atom. The Labute approximate surface area is 170 Å². The first-order valence-electron chi connectivity index (χ1n) is 9.84. The first-order valence-corrected chi connectivity index (χ1v) is 9.84. The van der Waals surface area contributed by atoms with Gasteiger partial charge in [-0.1, -0.05) is 5.16 Å². The molecule has 0 unspecified atom stereocenters. The van der Waals surface area contributed by atoms with Crippen molar-refractivity contribution >= 4 is 17.0 Å². The van der Waals surface area contributed by atoms with Crippen LogP contribution in [0.1, 0.15) is 47.8 Å². The van der Waals surface area contributed by atoms with Crippen molar-refractivity contribution in [1.29, 1.82) is 0 Å². The number of piperidine rings is 1. The topological polar surface area (TPSA) is 77.0 Å². The summed E-state index contributed by atoms with van der Waals surface area (Å²) in [5, 5.41) is 7.80. The van der Waals surface area contributed by atoms with Gasteiger partial charge in [0.2, 0.25) is 5.91 Å². The van der Waals surface area contributed by atoms with Crippen LogP contribution in [-0.2, 0) is 17.5 Å². The van der Waals surface area contributed by atoms with Gasteiger partial charge in [0, 0.05) is 38.2 Å². The van der Waals surface area contributed by atoms with Crippen LogP contribution in [0.4, 0.5) is 13.2 Å². The standard InChI is InChI=1S/C20H22F3N5O2/c1-12-5-8-28(25-12)9-6-17(29)27-7-3-4-14(11-27)16-10-15(20(21,22)23)18-13(2)26-30-19(18)24-16/h5,8,10,14H,3-4,6-7,9,11H2,1-2H3/t14-/m1/s1. The Hall–Kier alpha value is -2.91. The van der Waals surface area contributed by atoms with E-state index in [1.165, 1.54) is 6.92 Å². The lowest BCUT2D eigenvalue weighted by Crippen LogP contribution is -2.39.